The molecule has 0 fully saturated rings. The standard InChI is InChI=1S/C13H13F2N3/c14-8-4-5-10(15)13(6-8)18-12-3-1-2-11(16)9(12)7-17-18/h4-7,11H,1-3,16H2. The number of hydrogen-bond acceptors (Lipinski definition) is 2. The number of nitrogens with two attached hydrogens (primary N) is 1. The average molecular weight is 249 g/mol. The van der Waals surface area contributed by atoms with E-state index >= 15 is 0 Å². The van der Waals surface area contributed by atoms with Crippen LogP contribution in [0.1, 0.15) is 30.1 Å². The first kappa shape index (κ1) is 11.3. The third-order valence-corrected chi connectivity index (χ3v) is 3.37. The molecule has 18 heavy (non-hydrogen) atoms. The minimum absolute atomic E-state index is 0.0564. The summed E-state index contributed by atoms with van der Waals surface area (Å²) >= 11 is 0. The zero-order valence-corrected chi connectivity index (χ0v) is 9.74. The maximum atomic E-state index is 13.7. The lowest BCUT2D eigenvalue weighted by Crippen LogP contribution is -2.18. The van der Waals surface area contributed by atoms with Crippen LogP contribution < -0.4 is 5.73 Å². The summed E-state index contributed by atoms with van der Waals surface area (Å²) in [6, 6.07) is 3.31. The summed E-state index contributed by atoms with van der Waals surface area (Å²) in [5, 5.41) is 4.15. The first-order valence-electron chi connectivity index (χ1n) is 5.94. The van der Waals surface area contributed by atoms with E-state index in [4.69, 9.17) is 5.73 Å². The van der Waals surface area contributed by atoms with Gasteiger partial charge >= 0.3 is 0 Å². The average Bonchev–Trinajstić information content (AvgIpc) is 2.77. The predicted molar refractivity (Wildman–Crippen MR) is 63.3 cm³/mol. The number of halogens is 2. The molecule has 0 amide bonds. The number of benzene rings is 1. The lowest BCUT2D eigenvalue weighted by molar-refractivity contribution is 0.548. The second-order valence-electron chi connectivity index (χ2n) is 4.55. The fourth-order valence-electron chi connectivity index (χ4n) is 2.45. The van der Waals surface area contributed by atoms with Crippen molar-refractivity contribution in [2.45, 2.75) is 25.3 Å². The highest BCUT2D eigenvalue weighted by atomic mass is 19.1. The van der Waals surface area contributed by atoms with Crippen molar-refractivity contribution in [3.8, 4) is 5.69 Å². The van der Waals surface area contributed by atoms with Crippen molar-refractivity contribution in [3.05, 3.63) is 47.3 Å². The van der Waals surface area contributed by atoms with Crippen LogP contribution in [0.15, 0.2) is 24.4 Å². The van der Waals surface area contributed by atoms with E-state index in [0.29, 0.717) is 0 Å². The second-order valence-corrected chi connectivity index (χ2v) is 4.55. The van der Waals surface area contributed by atoms with Gasteiger partial charge in [0.1, 0.15) is 17.3 Å². The summed E-state index contributed by atoms with van der Waals surface area (Å²) in [7, 11) is 0. The molecule has 1 aromatic heterocycles. The van der Waals surface area contributed by atoms with Crippen LogP contribution in [0.2, 0.25) is 0 Å². The molecule has 1 heterocycles. The van der Waals surface area contributed by atoms with Gasteiger partial charge in [0.05, 0.1) is 6.20 Å². The minimum Gasteiger partial charge on any atom is -0.324 e. The zero-order valence-electron chi connectivity index (χ0n) is 9.74. The van der Waals surface area contributed by atoms with Crippen LogP contribution in [-0.4, -0.2) is 9.78 Å². The van der Waals surface area contributed by atoms with Crippen LogP contribution in [0.5, 0.6) is 0 Å². The molecule has 2 N–H and O–H groups in total. The highest BCUT2D eigenvalue weighted by Crippen LogP contribution is 2.29. The molecule has 0 saturated carbocycles. The Balaban J connectivity index is 2.15. The number of rotatable bonds is 1. The van der Waals surface area contributed by atoms with Gasteiger partial charge in [-0.25, -0.2) is 13.5 Å². The van der Waals surface area contributed by atoms with Crippen molar-refractivity contribution < 1.29 is 8.78 Å². The van der Waals surface area contributed by atoms with Gasteiger partial charge in [-0.1, -0.05) is 0 Å². The van der Waals surface area contributed by atoms with Gasteiger partial charge < -0.3 is 5.73 Å². The third-order valence-electron chi connectivity index (χ3n) is 3.37. The Kier molecular flexibility index (Phi) is 2.63. The van der Waals surface area contributed by atoms with Gasteiger partial charge in [-0.2, -0.15) is 5.10 Å². The number of fused-ring (bicyclic) bond motifs is 1. The molecule has 3 nitrogen and oxygen atoms in total. The van der Waals surface area contributed by atoms with E-state index in [1.54, 1.807) is 6.20 Å². The van der Waals surface area contributed by atoms with Crippen LogP contribution in [0, 0.1) is 11.6 Å². The number of nitrogens with zero attached hydrogens (tertiary/aromatic N) is 2. The molecule has 0 spiro atoms. The monoisotopic (exact) mass is 249 g/mol. The Morgan fingerprint density at radius 3 is 3.00 bits per heavy atom. The Morgan fingerprint density at radius 1 is 1.33 bits per heavy atom. The normalized spacial score (nSPS) is 18.7. The Bertz CT molecular complexity index is 592. The van der Waals surface area contributed by atoms with Crippen LogP contribution in [0.3, 0.4) is 0 Å². The molecule has 1 aliphatic carbocycles. The van der Waals surface area contributed by atoms with Crippen molar-refractivity contribution in [3.63, 3.8) is 0 Å². The highest BCUT2D eigenvalue weighted by Gasteiger charge is 2.23. The summed E-state index contributed by atoms with van der Waals surface area (Å²) in [6.45, 7) is 0. The van der Waals surface area contributed by atoms with Gasteiger partial charge in [0.2, 0.25) is 0 Å². The van der Waals surface area contributed by atoms with Gasteiger partial charge in [0.15, 0.2) is 0 Å². The van der Waals surface area contributed by atoms with E-state index < -0.39 is 11.6 Å². The van der Waals surface area contributed by atoms with E-state index in [2.05, 4.69) is 5.10 Å². The molecular formula is C13H13F2N3. The predicted octanol–water partition coefficient (Wildman–Crippen LogP) is 2.49. The largest absolute Gasteiger partial charge is 0.324 e. The molecular weight excluding hydrogens is 236 g/mol. The van der Waals surface area contributed by atoms with Gasteiger partial charge in [0.25, 0.3) is 0 Å². The number of aromatic nitrogens is 2. The van der Waals surface area contributed by atoms with Gasteiger partial charge in [-0.05, 0) is 31.4 Å². The van der Waals surface area contributed by atoms with Gasteiger partial charge in [-0.15, -0.1) is 0 Å². The lowest BCUT2D eigenvalue weighted by Gasteiger charge is -2.19. The Morgan fingerprint density at radius 2 is 2.17 bits per heavy atom. The van der Waals surface area contributed by atoms with E-state index in [-0.39, 0.29) is 11.7 Å². The fraction of sp³-hybridized carbons (Fsp3) is 0.308. The first-order chi connectivity index (χ1) is 8.66. The SMILES string of the molecule is NC1CCCc2c1cnn2-c1cc(F)ccc1F. The zero-order chi connectivity index (χ0) is 12.7. The van der Waals surface area contributed by atoms with Crippen LogP contribution in [-0.2, 0) is 6.42 Å². The molecule has 2 aromatic rings. The van der Waals surface area contributed by atoms with Crippen LogP contribution in [0.25, 0.3) is 5.69 Å². The summed E-state index contributed by atoms with van der Waals surface area (Å²) in [4.78, 5) is 0. The molecule has 0 radical (unpaired) electrons. The number of hydrogen-bond donors (Lipinski definition) is 1. The van der Waals surface area contributed by atoms with E-state index in [9.17, 15) is 8.78 Å². The van der Waals surface area contributed by atoms with Crippen molar-refractivity contribution in [2.24, 2.45) is 5.73 Å². The Hall–Kier alpha value is -1.75. The molecule has 5 heteroatoms. The van der Waals surface area contributed by atoms with Crippen LogP contribution >= 0.6 is 0 Å². The van der Waals surface area contributed by atoms with Crippen molar-refractivity contribution in [1.82, 2.24) is 9.78 Å². The van der Waals surface area contributed by atoms with Gasteiger partial charge in [0, 0.05) is 23.4 Å². The van der Waals surface area contributed by atoms with E-state index in [1.807, 2.05) is 0 Å². The summed E-state index contributed by atoms with van der Waals surface area (Å²) < 4.78 is 28.4. The molecule has 94 valence electrons. The first-order valence-corrected chi connectivity index (χ1v) is 5.94. The fourth-order valence-corrected chi connectivity index (χ4v) is 2.45. The summed E-state index contributed by atoms with van der Waals surface area (Å²) in [5.41, 5.74) is 7.95. The quantitative estimate of drug-likeness (QED) is 0.843. The maximum Gasteiger partial charge on any atom is 0.149 e. The van der Waals surface area contributed by atoms with Gasteiger partial charge in [-0.3, -0.25) is 0 Å². The second kappa shape index (κ2) is 4.17. The third kappa shape index (κ3) is 1.71. The van der Waals surface area contributed by atoms with Crippen LogP contribution in [0.4, 0.5) is 8.78 Å². The Labute approximate surface area is 103 Å². The molecule has 1 aromatic carbocycles. The molecule has 0 aliphatic heterocycles. The van der Waals surface area contributed by atoms with Crippen molar-refractivity contribution >= 4 is 0 Å². The molecule has 1 unspecified atom stereocenters. The maximum absolute atomic E-state index is 13.7. The lowest BCUT2D eigenvalue weighted by atomic mass is 9.94. The van der Waals surface area contributed by atoms with E-state index in [0.717, 1.165) is 48.7 Å². The van der Waals surface area contributed by atoms with Crippen molar-refractivity contribution in [2.75, 3.05) is 0 Å². The highest BCUT2D eigenvalue weighted by molar-refractivity contribution is 5.38. The summed E-state index contributed by atoms with van der Waals surface area (Å²) in [5.74, 6) is -0.961. The molecule has 0 bridgehead atoms. The smallest absolute Gasteiger partial charge is 0.149 e. The summed E-state index contributed by atoms with van der Waals surface area (Å²) in [6.07, 6.45) is 4.30. The topological polar surface area (TPSA) is 43.8 Å². The molecule has 1 aliphatic rings. The molecule has 0 saturated heterocycles. The van der Waals surface area contributed by atoms with Crippen molar-refractivity contribution in [1.29, 1.82) is 0 Å². The minimum atomic E-state index is -0.485. The molecule has 1 atom stereocenters. The van der Waals surface area contributed by atoms with E-state index in [1.165, 1.54) is 4.68 Å². The molecule has 3 rings (SSSR count).